The van der Waals surface area contributed by atoms with Crippen LogP contribution in [-0.4, -0.2) is 32.9 Å². The fourth-order valence-electron chi connectivity index (χ4n) is 2.06. The fourth-order valence-corrected chi connectivity index (χ4v) is 2.45. The molecule has 0 bridgehead atoms. The standard InChI is InChI=1S/C16H15Cl2N5O.CH4/c1-11-15(18)16(21-10-20-11)19-7-9-24-14-6-8-23(22-14)13-5-3-2-4-12(13)17;/h2-6,8,10H,7,9H2,1H3,(H,19,20,21);1H4. The molecule has 0 aliphatic rings. The van der Waals surface area contributed by atoms with Crippen molar-refractivity contribution in [2.75, 3.05) is 18.5 Å². The zero-order valence-corrected chi connectivity index (χ0v) is 14.4. The lowest BCUT2D eigenvalue weighted by molar-refractivity contribution is 0.317. The Morgan fingerprint density at radius 3 is 2.76 bits per heavy atom. The lowest BCUT2D eigenvalue weighted by Crippen LogP contribution is -2.13. The number of rotatable bonds is 6. The van der Waals surface area contributed by atoms with E-state index in [1.54, 1.807) is 16.9 Å². The summed E-state index contributed by atoms with van der Waals surface area (Å²) < 4.78 is 7.29. The van der Waals surface area contributed by atoms with Crippen molar-refractivity contribution < 1.29 is 4.74 Å². The van der Waals surface area contributed by atoms with Gasteiger partial charge in [0.2, 0.25) is 5.88 Å². The third-order valence-electron chi connectivity index (χ3n) is 3.27. The Balaban J connectivity index is 0.00000225. The molecule has 3 aromatic rings. The van der Waals surface area contributed by atoms with E-state index in [0.717, 1.165) is 11.4 Å². The first-order valence-electron chi connectivity index (χ1n) is 7.29. The molecule has 0 saturated heterocycles. The molecule has 0 aliphatic carbocycles. The molecular weight excluding hydrogens is 361 g/mol. The molecule has 1 aromatic carbocycles. The molecule has 2 aromatic heterocycles. The quantitative estimate of drug-likeness (QED) is 0.642. The van der Waals surface area contributed by atoms with Crippen LogP contribution >= 0.6 is 23.2 Å². The Morgan fingerprint density at radius 2 is 1.96 bits per heavy atom. The number of anilines is 1. The van der Waals surface area contributed by atoms with Gasteiger partial charge in [-0.3, -0.25) is 0 Å². The van der Waals surface area contributed by atoms with Gasteiger partial charge in [0.1, 0.15) is 23.8 Å². The van der Waals surface area contributed by atoms with Crippen LogP contribution in [0.1, 0.15) is 13.1 Å². The zero-order valence-electron chi connectivity index (χ0n) is 12.9. The van der Waals surface area contributed by atoms with E-state index >= 15 is 0 Å². The van der Waals surface area contributed by atoms with Crippen LogP contribution in [0, 0.1) is 6.92 Å². The number of aromatic nitrogens is 4. The predicted octanol–water partition coefficient (Wildman–Crippen LogP) is 4.40. The van der Waals surface area contributed by atoms with E-state index in [-0.39, 0.29) is 7.43 Å². The van der Waals surface area contributed by atoms with Crippen molar-refractivity contribution in [2.24, 2.45) is 0 Å². The molecule has 1 N–H and O–H groups in total. The predicted molar refractivity (Wildman–Crippen MR) is 101 cm³/mol. The van der Waals surface area contributed by atoms with Gasteiger partial charge >= 0.3 is 0 Å². The van der Waals surface area contributed by atoms with Crippen LogP contribution in [0.3, 0.4) is 0 Å². The summed E-state index contributed by atoms with van der Waals surface area (Å²) in [5, 5.41) is 8.60. The average molecular weight is 380 g/mol. The summed E-state index contributed by atoms with van der Waals surface area (Å²) in [6, 6.07) is 9.26. The maximum Gasteiger partial charge on any atom is 0.233 e. The second-order valence-corrected chi connectivity index (χ2v) is 5.73. The molecule has 0 spiro atoms. The second kappa shape index (κ2) is 8.69. The Bertz CT molecular complexity index is 837. The van der Waals surface area contributed by atoms with E-state index in [4.69, 9.17) is 27.9 Å². The number of benzene rings is 1. The van der Waals surface area contributed by atoms with Gasteiger partial charge in [-0.25, -0.2) is 14.6 Å². The van der Waals surface area contributed by atoms with E-state index < -0.39 is 0 Å². The smallest absolute Gasteiger partial charge is 0.233 e. The van der Waals surface area contributed by atoms with Crippen LogP contribution in [0.2, 0.25) is 10.0 Å². The van der Waals surface area contributed by atoms with Gasteiger partial charge in [-0.1, -0.05) is 42.8 Å². The van der Waals surface area contributed by atoms with Crippen LogP contribution in [0.4, 0.5) is 5.82 Å². The van der Waals surface area contributed by atoms with Gasteiger partial charge in [0.25, 0.3) is 0 Å². The monoisotopic (exact) mass is 379 g/mol. The van der Waals surface area contributed by atoms with Gasteiger partial charge in [-0.05, 0) is 19.1 Å². The molecule has 8 heteroatoms. The summed E-state index contributed by atoms with van der Waals surface area (Å²) in [4.78, 5) is 8.11. The summed E-state index contributed by atoms with van der Waals surface area (Å²) in [6.45, 7) is 2.78. The number of para-hydroxylation sites is 1. The van der Waals surface area contributed by atoms with Crippen molar-refractivity contribution in [2.45, 2.75) is 14.4 Å². The topological polar surface area (TPSA) is 64.9 Å². The minimum Gasteiger partial charge on any atom is -0.475 e. The van der Waals surface area contributed by atoms with Crippen molar-refractivity contribution in [3.63, 3.8) is 0 Å². The molecule has 3 rings (SSSR count). The number of aryl methyl sites for hydroxylation is 1. The van der Waals surface area contributed by atoms with Gasteiger partial charge in [0, 0.05) is 12.3 Å². The van der Waals surface area contributed by atoms with Gasteiger partial charge in [0.15, 0.2) is 0 Å². The van der Waals surface area contributed by atoms with E-state index in [0.29, 0.717) is 34.9 Å². The van der Waals surface area contributed by atoms with Gasteiger partial charge in [-0.2, -0.15) is 0 Å². The van der Waals surface area contributed by atoms with E-state index in [9.17, 15) is 0 Å². The summed E-state index contributed by atoms with van der Waals surface area (Å²) in [5.74, 6) is 1.11. The van der Waals surface area contributed by atoms with Gasteiger partial charge < -0.3 is 10.1 Å². The SMILES string of the molecule is C.Cc1ncnc(NCCOc2ccn(-c3ccccc3Cl)n2)c1Cl. The third-order valence-corrected chi connectivity index (χ3v) is 4.04. The highest BCUT2D eigenvalue weighted by Crippen LogP contribution is 2.21. The summed E-state index contributed by atoms with van der Waals surface area (Å²) >= 11 is 12.3. The number of nitrogens with zero attached hydrogens (tertiary/aromatic N) is 4. The highest BCUT2D eigenvalue weighted by molar-refractivity contribution is 6.33. The Hall–Kier alpha value is -2.31. The number of hydrogen-bond acceptors (Lipinski definition) is 5. The summed E-state index contributed by atoms with van der Waals surface area (Å²) in [5.41, 5.74) is 1.53. The molecule has 132 valence electrons. The molecule has 0 unspecified atom stereocenters. The first-order valence-corrected chi connectivity index (χ1v) is 8.05. The van der Waals surface area contributed by atoms with Gasteiger partial charge in [0.05, 0.1) is 22.9 Å². The molecule has 25 heavy (non-hydrogen) atoms. The lowest BCUT2D eigenvalue weighted by atomic mass is 10.3. The molecular formula is C17H19Cl2N5O. The number of nitrogens with one attached hydrogen (secondary N) is 1. The minimum absolute atomic E-state index is 0. The van der Waals surface area contributed by atoms with Gasteiger partial charge in [-0.15, -0.1) is 5.10 Å². The fraction of sp³-hybridized carbons (Fsp3) is 0.235. The van der Waals surface area contributed by atoms with Crippen molar-refractivity contribution in [1.29, 1.82) is 0 Å². The molecule has 0 atom stereocenters. The summed E-state index contributed by atoms with van der Waals surface area (Å²) in [7, 11) is 0. The van der Waals surface area contributed by atoms with Crippen molar-refractivity contribution in [3.05, 3.63) is 58.6 Å². The first kappa shape index (κ1) is 19.0. The van der Waals surface area contributed by atoms with E-state index in [1.165, 1.54) is 6.33 Å². The van der Waals surface area contributed by atoms with Crippen molar-refractivity contribution in [1.82, 2.24) is 19.7 Å². The van der Waals surface area contributed by atoms with Crippen LogP contribution in [0.5, 0.6) is 5.88 Å². The molecule has 0 saturated carbocycles. The third kappa shape index (κ3) is 4.61. The van der Waals surface area contributed by atoms with Crippen molar-refractivity contribution in [3.8, 4) is 11.6 Å². The maximum atomic E-state index is 6.15. The number of hydrogen-bond donors (Lipinski definition) is 1. The maximum absolute atomic E-state index is 6.15. The molecule has 0 aliphatic heterocycles. The van der Waals surface area contributed by atoms with Crippen LogP contribution < -0.4 is 10.1 Å². The average Bonchev–Trinajstić information content (AvgIpc) is 3.04. The second-order valence-electron chi connectivity index (χ2n) is 4.95. The van der Waals surface area contributed by atoms with E-state index in [1.807, 2.05) is 31.2 Å². The van der Waals surface area contributed by atoms with E-state index in [2.05, 4.69) is 20.4 Å². The highest BCUT2D eigenvalue weighted by Gasteiger charge is 2.07. The molecule has 0 fully saturated rings. The highest BCUT2D eigenvalue weighted by atomic mass is 35.5. The molecule has 0 amide bonds. The molecule has 6 nitrogen and oxygen atoms in total. The Kier molecular flexibility index (Phi) is 6.61. The van der Waals surface area contributed by atoms with Crippen LogP contribution in [-0.2, 0) is 0 Å². The Morgan fingerprint density at radius 1 is 1.16 bits per heavy atom. The number of halogens is 2. The number of ether oxygens (including phenoxy) is 1. The minimum atomic E-state index is 0. The van der Waals surface area contributed by atoms with Crippen molar-refractivity contribution >= 4 is 29.0 Å². The summed E-state index contributed by atoms with van der Waals surface area (Å²) in [6.07, 6.45) is 3.27. The first-order chi connectivity index (χ1) is 11.6. The lowest BCUT2D eigenvalue weighted by Gasteiger charge is -2.08. The van der Waals surface area contributed by atoms with Crippen LogP contribution in [0.15, 0.2) is 42.9 Å². The molecule has 0 radical (unpaired) electrons. The largest absolute Gasteiger partial charge is 0.475 e. The molecule has 2 heterocycles. The van der Waals surface area contributed by atoms with Crippen LogP contribution in [0.25, 0.3) is 5.69 Å². The zero-order chi connectivity index (χ0) is 16.9. The Labute approximate surface area is 156 Å². The normalized spacial score (nSPS) is 10.2.